The van der Waals surface area contributed by atoms with Gasteiger partial charge in [-0.2, -0.15) is 5.26 Å². The topological polar surface area (TPSA) is 92.4 Å². The third-order valence-corrected chi connectivity index (χ3v) is 6.10. The SMILES string of the molecule is CCC(Sc1nc(-c2ccccc2)cc(-c2cc(OC)ccc2OC)c1C#N)C(=O)O. The number of methoxy groups -OCH3 is 2. The number of pyridine rings is 1. The monoisotopic (exact) mass is 434 g/mol. The second-order valence-corrected chi connectivity index (χ2v) is 7.82. The Balaban J connectivity index is 2.31. The van der Waals surface area contributed by atoms with Gasteiger partial charge in [0.2, 0.25) is 0 Å². The van der Waals surface area contributed by atoms with E-state index >= 15 is 0 Å². The summed E-state index contributed by atoms with van der Waals surface area (Å²) in [5.74, 6) is 0.247. The van der Waals surface area contributed by atoms with Gasteiger partial charge in [0, 0.05) is 16.7 Å². The summed E-state index contributed by atoms with van der Waals surface area (Å²) in [5, 5.41) is 19.2. The lowest BCUT2D eigenvalue weighted by molar-refractivity contribution is -0.136. The number of hydrogen-bond acceptors (Lipinski definition) is 6. The number of rotatable bonds is 8. The molecule has 2 aromatic carbocycles. The second kappa shape index (κ2) is 10.0. The van der Waals surface area contributed by atoms with Crippen molar-refractivity contribution < 1.29 is 19.4 Å². The molecule has 6 nitrogen and oxygen atoms in total. The van der Waals surface area contributed by atoms with Crippen LogP contribution in [0, 0.1) is 11.3 Å². The molecule has 1 atom stereocenters. The van der Waals surface area contributed by atoms with Crippen molar-refractivity contribution in [1.29, 1.82) is 5.26 Å². The van der Waals surface area contributed by atoms with E-state index in [1.807, 2.05) is 36.4 Å². The summed E-state index contributed by atoms with van der Waals surface area (Å²) in [5.41, 5.74) is 3.08. The number of hydrogen-bond donors (Lipinski definition) is 1. The first-order chi connectivity index (χ1) is 15.0. The van der Waals surface area contributed by atoms with Crippen molar-refractivity contribution in [2.45, 2.75) is 23.6 Å². The average Bonchev–Trinajstić information content (AvgIpc) is 2.81. The predicted molar refractivity (Wildman–Crippen MR) is 120 cm³/mol. The maximum atomic E-state index is 11.7. The highest BCUT2D eigenvalue weighted by Crippen LogP contribution is 2.40. The molecule has 1 aromatic heterocycles. The molecule has 1 unspecified atom stereocenters. The number of benzene rings is 2. The lowest BCUT2D eigenvalue weighted by Gasteiger charge is -2.17. The summed E-state index contributed by atoms with van der Waals surface area (Å²) < 4.78 is 10.9. The van der Waals surface area contributed by atoms with E-state index in [9.17, 15) is 15.2 Å². The first kappa shape index (κ1) is 22.2. The molecule has 31 heavy (non-hydrogen) atoms. The molecule has 0 radical (unpaired) electrons. The largest absolute Gasteiger partial charge is 0.497 e. The van der Waals surface area contributed by atoms with Gasteiger partial charge in [-0.15, -0.1) is 0 Å². The van der Waals surface area contributed by atoms with Crippen LogP contribution in [0.3, 0.4) is 0 Å². The highest BCUT2D eigenvalue weighted by atomic mass is 32.2. The third-order valence-electron chi connectivity index (χ3n) is 4.76. The van der Waals surface area contributed by atoms with Crippen LogP contribution in [0.4, 0.5) is 0 Å². The summed E-state index contributed by atoms with van der Waals surface area (Å²) in [6.45, 7) is 1.80. The molecule has 0 spiro atoms. The van der Waals surface area contributed by atoms with Gasteiger partial charge in [0.05, 0.1) is 25.5 Å². The van der Waals surface area contributed by atoms with Crippen molar-refractivity contribution in [3.05, 3.63) is 60.2 Å². The molecule has 0 saturated carbocycles. The maximum absolute atomic E-state index is 11.7. The number of carboxylic acid groups (broad SMARTS) is 1. The quantitative estimate of drug-likeness (QED) is 0.483. The molecule has 158 valence electrons. The number of nitrogens with zero attached hydrogens (tertiary/aromatic N) is 2. The van der Waals surface area contributed by atoms with E-state index in [4.69, 9.17) is 9.47 Å². The van der Waals surface area contributed by atoms with E-state index in [0.717, 1.165) is 17.3 Å². The second-order valence-electron chi connectivity index (χ2n) is 6.63. The van der Waals surface area contributed by atoms with Crippen molar-refractivity contribution in [3.63, 3.8) is 0 Å². The zero-order valence-corrected chi connectivity index (χ0v) is 18.3. The van der Waals surface area contributed by atoms with E-state index in [2.05, 4.69) is 11.1 Å². The minimum absolute atomic E-state index is 0.302. The summed E-state index contributed by atoms with van der Waals surface area (Å²) >= 11 is 1.08. The average molecular weight is 435 g/mol. The van der Waals surface area contributed by atoms with Gasteiger partial charge < -0.3 is 14.6 Å². The lowest BCUT2D eigenvalue weighted by Crippen LogP contribution is -2.15. The number of ether oxygens (including phenoxy) is 2. The summed E-state index contributed by atoms with van der Waals surface area (Å²) in [7, 11) is 3.13. The van der Waals surface area contributed by atoms with Crippen LogP contribution in [0.15, 0.2) is 59.6 Å². The van der Waals surface area contributed by atoms with Crippen molar-refractivity contribution in [2.24, 2.45) is 0 Å². The van der Waals surface area contributed by atoms with Gasteiger partial charge in [-0.25, -0.2) is 4.98 Å². The first-order valence-corrected chi connectivity index (χ1v) is 10.5. The summed E-state index contributed by atoms with van der Waals surface area (Å²) in [4.78, 5) is 16.3. The van der Waals surface area contributed by atoms with Crippen LogP contribution in [0.5, 0.6) is 11.5 Å². The van der Waals surface area contributed by atoms with Crippen molar-refractivity contribution >= 4 is 17.7 Å². The Morgan fingerprint density at radius 2 is 1.87 bits per heavy atom. The van der Waals surface area contributed by atoms with Gasteiger partial charge >= 0.3 is 5.97 Å². The Kier molecular flexibility index (Phi) is 7.16. The smallest absolute Gasteiger partial charge is 0.317 e. The fourth-order valence-electron chi connectivity index (χ4n) is 3.15. The number of nitriles is 1. The molecule has 1 heterocycles. The lowest BCUT2D eigenvalue weighted by atomic mass is 9.98. The molecule has 0 aliphatic rings. The van der Waals surface area contributed by atoms with E-state index in [-0.39, 0.29) is 0 Å². The van der Waals surface area contributed by atoms with E-state index in [1.54, 1.807) is 39.3 Å². The van der Waals surface area contributed by atoms with Crippen LogP contribution >= 0.6 is 11.8 Å². The summed E-state index contributed by atoms with van der Waals surface area (Å²) in [6, 6.07) is 19.0. The number of aromatic nitrogens is 1. The standard InChI is InChI=1S/C24H22N2O4S/c1-4-22(24(27)28)31-23-19(14-25)17(13-20(26-23)15-8-6-5-7-9-15)18-12-16(29-2)10-11-21(18)30-3/h5-13,22H,4H2,1-3H3,(H,27,28). The van der Waals surface area contributed by atoms with E-state index < -0.39 is 11.2 Å². The van der Waals surface area contributed by atoms with Gasteiger partial charge in [0.1, 0.15) is 27.8 Å². The molecule has 3 rings (SSSR count). The van der Waals surface area contributed by atoms with Crippen molar-refractivity contribution in [2.75, 3.05) is 14.2 Å². The first-order valence-electron chi connectivity index (χ1n) is 9.64. The molecular formula is C24H22N2O4S. The highest BCUT2D eigenvalue weighted by molar-refractivity contribution is 8.00. The van der Waals surface area contributed by atoms with E-state index in [1.165, 1.54) is 0 Å². The van der Waals surface area contributed by atoms with Crippen LogP contribution < -0.4 is 9.47 Å². The third kappa shape index (κ3) is 4.81. The molecule has 0 saturated heterocycles. The number of carbonyl (C=O) groups is 1. The van der Waals surface area contributed by atoms with Crippen molar-refractivity contribution in [3.8, 4) is 40.0 Å². The predicted octanol–water partition coefficient (Wildman–Crippen LogP) is 5.26. The fourth-order valence-corrected chi connectivity index (χ4v) is 4.11. The van der Waals surface area contributed by atoms with Gasteiger partial charge in [0.15, 0.2) is 0 Å². The molecule has 0 aliphatic carbocycles. The van der Waals surface area contributed by atoms with Gasteiger partial charge in [-0.3, -0.25) is 4.79 Å². The highest BCUT2D eigenvalue weighted by Gasteiger charge is 2.24. The van der Waals surface area contributed by atoms with Crippen LogP contribution in [0.25, 0.3) is 22.4 Å². The molecule has 0 bridgehead atoms. The Hall–Kier alpha value is -3.50. The number of thioether (sulfide) groups is 1. The van der Waals surface area contributed by atoms with Gasteiger partial charge in [0.25, 0.3) is 0 Å². The zero-order valence-electron chi connectivity index (χ0n) is 17.5. The molecule has 0 fully saturated rings. The molecular weight excluding hydrogens is 412 g/mol. The van der Waals surface area contributed by atoms with Gasteiger partial charge in [-0.05, 0) is 30.7 Å². The van der Waals surface area contributed by atoms with Crippen LogP contribution in [-0.2, 0) is 4.79 Å². The zero-order chi connectivity index (χ0) is 22.4. The van der Waals surface area contributed by atoms with Gasteiger partial charge in [-0.1, -0.05) is 49.0 Å². The van der Waals surface area contributed by atoms with Crippen LogP contribution in [-0.4, -0.2) is 35.5 Å². The summed E-state index contributed by atoms with van der Waals surface area (Å²) in [6.07, 6.45) is 0.403. The molecule has 7 heteroatoms. The Labute approximate surface area is 185 Å². The van der Waals surface area contributed by atoms with Crippen LogP contribution in [0.1, 0.15) is 18.9 Å². The normalized spacial score (nSPS) is 11.4. The fraction of sp³-hybridized carbons (Fsp3) is 0.208. The minimum Gasteiger partial charge on any atom is -0.497 e. The number of carboxylic acids is 1. The Morgan fingerprint density at radius 1 is 1.13 bits per heavy atom. The molecule has 1 N–H and O–H groups in total. The maximum Gasteiger partial charge on any atom is 0.317 e. The number of aliphatic carboxylic acids is 1. The van der Waals surface area contributed by atoms with Crippen molar-refractivity contribution in [1.82, 2.24) is 4.98 Å². The Bertz CT molecular complexity index is 1130. The van der Waals surface area contributed by atoms with E-state index in [0.29, 0.717) is 45.3 Å². The van der Waals surface area contributed by atoms with Crippen LogP contribution in [0.2, 0.25) is 0 Å². The Morgan fingerprint density at radius 3 is 2.45 bits per heavy atom. The molecule has 0 amide bonds. The molecule has 0 aliphatic heterocycles. The minimum atomic E-state index is -0.941. The molecule has 3 aromatic rings.